The highest BCUT2D eigenvalue weighted by atomic mass is 16.5. The van der Waals surface area contributed by atoms with Gasteiger partial charge in [0, 0.05) is 44.1 Å². The quantitative estimate of drug-likeness (QED) is 0.774. The minimum Gasteiger partial charge on any atom is -0.340 e. The number of fused-ring (bicyclic) bond motifs is 1. The van der Waals surface area contributed by atoms with E-state index in [1.54, 1.807) is 11.8 Å². The molecule has 2 aromatic heterocycles. The number of anilines is 1. The zero-order valence-electron chi connectivity index (χ0n) is 14.5. The largest absolute Gasteiger partial charge is 0.340 e. The van der Waals surface area contributed by atoms with Crippen LogP contribution >= 0.6 is 0 Å². The molecule has 8 heteroatoms. The van der Waals surface area contributed by atoms with Crippen molar-refractivity contribution in [2.24, 2.45) is 7.05 Å². The Labute approximate surface area is 144 Å². The van der Waals surface area contributed by atoms with Gasteiger partial charge in [-0.3, -0.25) is 4.68 Å². The number of carbonyl (C=O) groups excluding carboxylic acids is 1. The zero-order valence-corrected chi connectivity index (χ0v) is 14.5. The molecule has 1 aliphatic rings. The molecule has 1 unspecified atom stereocenters. The van der Waals surface area contributed by atoms with E-state index in [9.17, 15) is 4.79 Å². The van der Waals surface area contributed by atoms with Crippen LogP contribution in [0.15, 0.2) is 22.7 Å². The Balaban J connectivity index is 1.46. The Morgan fingerprint density at radius 1 is 1.36 bits per heavy atom. The number of benzene rings is 1. The molecule has 1 saturated heterocycles. The van der Waals surface area contributed by atoms with Crippen LogP contribution in [0.4, 0.5) is 10.5 Å². The van der Waals surface area contributed by atoms with Gasteiger partial charge in [-0.05, 0) is 31.5 Å². The van der Waals surface area contributed by atoms with Gasteiger partial charge in [-0.1, -0.05) is 5.16 Å². The van der Waals surface area contributed by atoms with Gasteiger partial charge in [0.15, 0.2) is 5.82 Å². The van der Waals surface area contributed by atoms with E-state index in [2.05, 4.69) is 20.6 Å². The highest BCUT2D eigenvalue weighted by Gasteiger charge is 2.30. The van der Waals surface area contributed by atoms with Gasteiger partial charge in [0.1, 0.15) is 0 Å². The molecule has 1 atom stereocenters. The van der Waals surface area contributed by atoms with Crippen LogP contribution in [0.3, 0.4) is 0 Å². The number of likely N-dealkylation sites (tertiary alicyclic amines) is 1. The maximum Gasteiger partial charge on any atom is 0.321 e. The van der Waals surface area contributed by atoms with E-state index in [4.69, 9.17) is 4.52 Å². The average Bonchev–Trinajstić information content (AvgIpc) is 3.28. The molecule has 1 aliphatic heterocycles. The van der Waals surface area contributed by atoms with Crippen LogP contribution in [0.1, 0.15) is 29.7 Å². The molecule has 0 radical (unpaired) electrons. The average molecular weight is 340 g/mol. The smallest absolute Gasteiger partial charge is 0.321 e. The number of rotatable bonds is 2. The molecular weight excluding hydrogens is 320 g/mol. The Morgan fingerprint density at radius 2 is 2.20 bits per heavy atom. The lowest BCUT2D eigenvalue weighted by Gasteiger charge is -2.17. The molecule has 1 N–H and O–H groups in total. The van der Waals surface area contributed by atoms with E-state index in [-0.39, 0.29) is 11.9 Å². The first-order valence-electron chi connectivity index (χ1n) is 8.31. The maximum absolute atomic E-state index is 12.6. The molecule has 0 saturated carbocycles. The van der Waals surface area contributed by atoms with Crippen molar-refractivity contribution in [3.05, 3.63) is 35.6 Å². The van der Waals surface area contributed by atoms with Crippen molar-refractivity contribution < 1.29 is 9.32 Å². The lowest BCUT2D eigenvalue weighted by atomic mass is 10.1. The summed E-state index contributed by atoms with van der Waals surface area (Å²) in [4.78, 5) is 18.6. The molecule has 1 fully saturated rings. The van der Waals surface area contributed by atoms with Gasteiger partial charge in [0.05, 0.1) is 11.2 Å². The number of nitrogens with one attached hydrogen (secondary N) is 1. The fraction of sp³-hybridized carbons (Fsp3) is 0.412. The topological polar surface area (TPSA) is 89.1 Å². The first kappa shape index (κ1) is 15.6. The second-order valence-corrected chi connectivity index (χ2v) is 6.47. The number of carbonyl (C=O) groups is 1. The molecule has 25 heavy (non-hydrogen) atoms. The van der Waals surface area contributed by atoms with Crippen LogP contribution in [0.2, 0.25) is 0 Å². The molecule has 0 bridgehead atoms. The van der Waals surface area contributed by atoms with Crippen molar-refractivity contribution in [3.8, 4) is 0 Å². The lowest BCUT2D eigenvalue weighted by molar-refractivity contribution is 0.222. The summed E-state index contributed by atoms with van der Waals surface area (Å²) in [7, 11) is 1.90. The minimum atomic E-state index is -0.110. The van der Waals surface area contributed by atoms with E-state index >= 15 is 0 Å². The van der Waals surface area contributed by atoms with Crippen molar-refractivity contribution in [2.75, 3.05) is 18.4 Å². The highest BCUT2D eigenvalue weighted by Crippen LogP contribution is 2.26. The summed E-state index contributed by atoms with van der Waals surface area (Å²) in [5, 5.41) is 12.4. The molecule has 1 aromatic carbocycles. The standard InChI is InChI=1S/C17H20N6O2/c1-10-14-5-4-13(8-15(14)22(3)20-10)19-17(24)23-7-6-12(9-23)16-18-11(2)25-21-16/h4-5,8,12H,6-7,9H2,1-3H3,(H,19,24). The molecular formula is C17H20N6O2. The number of hydrogen-bond donors (Lipinski definition) is 1. The van der Waals surface area contributed by atoms with Crippen molar-refractivity contribution in [3.63, 3.8) is 0 Å². The van der Waals surface area contributed by atoms with Gasteiger partial charge in [0.25, 0.3) is 0 Å². The van der Waals surface area contributed by atoms with Crippen LogP contribution < -0.4 is 5.32 Å². The first-order valence-corrected chi connectivity index (χ1v) is 8.31. The summed E-state index contributed by atoms with van der Waals surface area (Å²) in [6.45, 7) is 5.02. The van der Waals surface area contributed by atoms with E-state index in [1.165, 1.54) is 0 Å². The van der Waals surface area contributed by atoms with Crippen molar-refractivity contribution in [2.45, 2.75) is 26.2 Å². The van der Waals surface area contributed by atoms with Gasteiger partial charge in [-0.25, -0.2) is 4.79 Å². The number of aryl methyl sites for hydroxylation is 3. The Kier molecular flexibility index (Phi) is 3.67. The molecule has 3 aromatic rings. The number of nitrogens with zero attached hydrogens (tertiary/aromatic N) is 5. The number of amides is 2. The van der Waals surface area contributed by atoms with Crippen LogP contribution in [-0.4, -0.2) is 43.9 Å². The maximum atomic E-state index is 12.6. The third-order valence-electron chi connectivity index (χ3n) is 4.67. The molecule has 8 nitrogen and oxygen atoms in total. The Hall–Kier alpha value is -2.90. The summed E-state index contributed by atoms with van der Waals surface area (Å²) in [5.74, 6) is 1.36. The van der Waals surface area contributed by atoms with Gasteiger partial charge in [0.2, 0.25) is 5.89 Å². The van der Waals surface area contributed by atoms with Gasteiger partial charge < -0.3 is 14.7 Å². The predicted molar refractivity (Wildman–Crippen MR) is 92.4 cm³/mol. The Morgan fingerprint density at radius 3 is 2.96 bits per heavy atom. The molecule has 4 rings (SSSR count). The number of hydrogen-bond acceptors (Lipinski definition) is 5. The van der Waals surface area contributed by atoms with Crippen molar-refractivity contribution in [1.29, 1.82) is 0 Å². The summed E-state index contributed by atoms with van der Waals surface area (Å²) < 4.78 is 6.86. The molecule has 2 amide bonds. The van der Waals surface area contributed by atoms with Crippen LogP contribution in [0.5, 0.6) is 0 Å². The SMILES string of the molecule is Cc1nc(C2CCN(C(=O)Nc3ccc4c(C)nn(C)c4c3)C2)no1. The normalized spacial score (nSPS) is 17.4. The van der Waals surface area contributed by atoms with Gasteiger partial charge >= 0.3 is 6.03 Å². The number of aromatic nitrogens is 4. The third-order valence-corrected chi connectivity index (χ3v) is 4.67. The second-order valence-electron chi connectivity index (χ2n) is 6.47. The minimum absolute atomic E-state index is 0.110. The molecule has 3 heterocycles. The van der Waals surface area contributed by atoms with E-state index in [0.717, 1.165) is 28.7 Å². The fourth-order valence-corrected chi connectivity index (χ4v) is 3.35. The summed E-state index contributed by atoms with van der Waals surface area (Å²) in [6, 6.07) is 5.73. The zero-order chi connectivity index (χ0) is 17.6. The summed E-state index contributed by atoms with van der Waals surface area (Å²) in [5.41, 5.74) is 2.74. The fourth-order valence-electron chi connectivity index (χ4n) is 3.35. The summed E-state index contributed by atoms with van der Waals surface area (Å²) in [6.07, 6.45) is 0.840. The van der Waals surface area contributed by atoms with Crippen molar-refractivity contribution in [1.82, 2.24) is 24.8 Å². The van der Waals surface area contributed by atoms with E-state index in [0.29, 0.717) is 24.8 Å². The second kappa shape index (κ2) is 5.87. The molecule has 130 valence electrons. The third kappa shape index (κ3) is 2.84. The van der Waals surface area contributed by atoms with E-state index in [1.807, 2.05) is 36.9 Å². The molecule has 0 aliphatic carbocycles. The monoisotopic (exact) mass is 340 g/mol. The predicted octanol–water partition coefficient (Wildman–Crippen LogP) is 2.59. The van der Waals surface area contributed by atoms with Gasteiger partial charge in [-0.15, -0.1) is 0 Å². The molecule has 0 spiro atoms. The van der Waals surface area contributed by atoms with Crippen LogP contribution in [0.25, 0.3) is 10.9 Å². The van der Waals surface area contributed by atoms with Gasteiger partial charge in [-0.2, -0.15) is 10.1 Å². The highest BCUT2D eigenvalue weighted by molar-refractivity contribution is 5.93. The summed E-state index contributed by atoms with van der Waals surface area (Å²) >= 11 is 0. The first-order chi connectivity index (χ1) is 12.0. The Bertz CT molecular complexity index is 944. The lowest BCUT2D eigenvalue weighted by Crippen LogP contribution is -2.32. The van der Waals surface area contributed by atoms with E-state index < -0.39 is 0 Å². The van der Waals surface area contributed by atoms with Crippen molar-refractivity contribution >= 4 is 22.6 Å². The van der Waals surface area contributed by atoms with Crippen LogP contribution in [0, 0.1) is 13.8 Å². The van der Waals surface area contributed by atoms with Crippen LogP contribution in [-0.2, 0) is 7.05 Å². The number of urea groups is 1.